The van der Waals surface area contributed by atoms with Gasteiger partial charge in [-0.3, -0.25) is 14.2 Å². The summed E-state index contributed by atoms with van der Waals surface area (Å²) in [5.41, 5.74) is 2.14. The van der Waals surface area contributed by atoms with Crippen LogP contribution in [0.3, 0.4) is 0 Å². The Bertz CT molecular complexity index is 1660. The maximum absolute atomic E-state index is 12.3. The molecule has 0 radical (unpaired) electrons. The van der Waals surface area contributed by atoms with Crippen LogP contribution in [-0.4, -0.2) is 86.0 Å². The SMILES string of the molecule is CCS(=O)(=O)N1CC(CC#N)(n2cc(-c3nc(Nc4cnn(CCC(=O)N(C)C)c4)nc4ccsc34)cn2)C1. The first-order valence-electron chi connectivity index (χ1n) is 12.3. The highest BCUT2D eigenvalue weighted by Crippen LogP contribution is 2.37. The van der Waals surface area contributed by atoms with Crippen LogP contribution < -0.4 is 5.32 Å². The largest absolute Gasteiger partial charge is 0.349 e. The minimum absolute atomic E-state index is 0.0141. The van der Waals surface area contributed by atoms with Crippen LogP contribution in [0.25, 0.3) is 21.5 Å². The lowest BCUT2D eigenvalue weighted by molar-refractivity contribution is -0.128. The fourth-order valence-corrected chi connectivity index (χ4v) is 6.49. The molecule has 0 saturated carbocycles. The Morgan fingerprint density at radius 3 is 2.74 bits per heavy atom. The van der Waals surface area contributed by atoms with Crippen LogP contribution in [0.5, 0.6) is 0 Å². The summed E-state index contributed by atoms with van der Waals surface area (Å²) in [5.74, 6) is 0.415. The van der Waals surface area contributed by atoms with Gasteiger partial charge in [-0.2, -0.15) is 19.8 Å². The molecule has 13 nitrogen and oxygen atoms in total. The van der Waals surface area contributed by atoms with Crippen LogP contribution in [-0.2, 0) is 26.9 Å². The van der Waals surface area contributed by atoms with E-state index in [-0.39, 0.29) is 31.2 Å². The van der Waals surface area contributed by atoms with Crippen LogP contribution in [0, 0.1) is 11.3 Å². The van der Waals surface area contributed by atoms with E-state index >= 15 is 0 Å². The molecule has 1 saturated heterocycles. The van der Waals surface area contributed by atoms with Crippen molar-refractivity contribution in [1.29, 1.82) is 5.26 Å². The van der Waals surface area contributed by atoms with Gasteiger partial charge in [-0.15, -0.1) is 11.3 Å². The van der Waals surface area contributed by atoms with Crippen LogP contribution in [0.2, 0.25) is 0 Å². The number of carbonyl (C=O) groups excluding carboxylic acids is 1. The predicted octanol–water partition coefficient (Wildman–Crippen LogP) is 2.25. The highest BCUT2D eigenvalue weighted by molar-refractivity contribution is 7.89. The third-order valence-electron chi connectivity index (χ3n) is 6.70. The van der Waals surface area contributed by atoms with E-state index in [2.05, 4.69) is 26.6 Å². The Kier molecular flexibility index (Phi) is 7.10. The van der Waals surface area contributed by atoms with E-state index in [0.717, 1.165) is 15.8 Å². The molecule has 204 valence electrons. The second kappa shape index (κ2) is 10.4. The third-order valence-corrected chi connectivity index (χ3v) is 9.38. The summed E-state index contributed by atoms with van der Waals surface area (Å²) in [6.07, 6.45) is 7.42. The lowest BCUT2D eigenvalue weighted by Gasteiger charge is -2.47. The van der Waals surface area contributed by atoms with Gasteiger partial charge >= 0.3 is 0 Å². The first-order valence-corrected chi connectivity index (χ1v) is 14.8. The molecular formula is C24H28N10O3S2. The molecule has 0 aromatic carbocycles. The highest BCUT2D eigenvalue weighted by atomic mass is 32.2. The number of aromatic nitrogens is 6. The molecule has 1 amide bonds. The molecule has 1 aliphatic rings. The molecule has 4 aromatic rings. The van der Waals surface area contributed by atoms with Crippen molar-refractivity contribution in [2.24, 2.45) is 0 Å². The first kappa shape index (κ1) is 26.7. The Balaban J connectivity index is 1.39. The maximum Gasteiger partial charge on any atom is 0.228 e. The van der Waals surface area contributed by atoms with Crippen LogP contribution in [0.4, 0.5) is 11.6 Å². The Morgan fingerprint density at radius 2 is 2.03 bits per heavy atom. The fraction of sp³-hybridized carbons (Fsp3) is 0.417. The zero-order valence-electron chi connectivity index (χ0n) is 21.8. The average molecular weight is 569 g/mol. The monoisotopic (exact) mass is 568 g/mol. The molecule has 5 heterocycles. The predicted molar refractivity (Wildman–Crippen MR) is 147 cm³/mol. The summed E-state index contributed by atoms with van der Waals surface area (Å²) in [4.78, 5) is 22.8. The van der Waals surface area contributed by atoms with Crippen molar-refractivity contribution in [2.75, 3.05) is 38.3 Å². The van der Waals surface area contributed by atoms with Crippen molar-refractivity contribution >= 4 is 49.1 Å². The van der Waals surface area contributed by atoms with E-state index in [0.29, 0.717) is 30.3 Å². The van der Waals surface area contributed by atoms with Crippen LogP contribution >= 0.6 is 11.3 Å². The number of aryl methyl sites for hydroxylation is 1. The minimum Gasteiger partial charge on any atom is -0.349 e. The number of anilines is 2. The van der Waals surface area contributed by atoms with E-state index in [1.54, 1.807) is 53.9 Å². The lowest BCUT2D eigenvalue weighted by Crippen LogP contribution is -2.64. The number of thiophene rings is 1. The summed E-state index contributed by atoms with van der Waals surface area (Å²) < 4.78 is 30.3. The van der Waals surface area contributed by atoms with Gasteiger partial charge in [0, 0.05) is 58.1 Å². The van der Waals surface area contributed by atoms with Gasteiger partial charge in [0.25, 0.3) is 0 Å². The molecule has 1 fully saturated rings. The Morgan fingerprint density at radius 1 is 1.23 bits per heavy atom. The van der Waals surface area contributed by atoms with E-state index in [9.17, 15) is 18.5 Å². The number of nitriles is 1. The first-order chi connectivity index (χ1) is 18.6. The van der Waals surface area contributed by atoms with Crippen LogP contribution in [0.15, 0.2) is 36.2 Å². The molecule has 0 bridgehead atoms. The van der Waals surface area contributed by atoms with Gasteiger partial charge < -0.3 is 10.2 Å². The summed E-state index contributed by atoms with van der Waals surface area (Å²) in [5, 5.41) is 23.4. The molecule has 15 heteroatoms. The summed E-state index contributed by atoms with van der Waals surface area (Å²) >= 11 is 1.51. The molecule has 1 N–H and O–H groups in total. The number of hydrogen-bond donors (Lipinski definition) is 1. The maximum atomic E-state index is 12.3. The second-order valence-electron chi connectivity index (χ2n) is 9.59. The number of nitrogens with one attached hydrogen (secondary N) is 1. The minimum atomic E-state index is -3.34. The number of fused-ring (bicyclic) bond motifs is 1. The zero-order valence-corrected chi connectivity index (χ0v) is 23.4. The van der Waals surface area contributed by atoms with Crippen molar-refractivity contribution in [3.8, 4) is 17.3 Å². The molecular weight excluding hydrogens is 540 g/mol. The smallest absolute Gasteiger partial charge is 0.228 e. The second-order valence-corrected chi connectivity index (χ2v) is 12.8. The van der Waals surface area contributed by atoms with E-state index < -0.39 is 15.6 Å². The lowest BCUT2D eigenvalue weighted by atomic mass is 9.89. The van der Waals surface area contributed by atoms with Gasteiger partial charge in [0.2, 0.25) is 21.9 Å². The van der Waals surface area contributed by atoms with Gasteiger partial charge in [0.15, 0.2) is 0 Å². The van der Waals surface area contributed by atoms with Gasteiger partial charge in [-0.1, -0.05) is 0 Å². The van der Waals surface area contributed by atoms with Gasteiger partial charge in [0.05, 0.1) is 52.2 Å². The third kappa shape index (κ3) is 5.22. The topological polar surface area (TPSA) is 155 Å². The molecule has 4 aromatic heterocycles. The van der Waals surface area contributed by atoms with Crippen LogP contribution in [0.1, 0.15) is 19.8 Å². The normalized spacial score (nSPS) is 15.1. The number of hydrogen-bond acceptors (Lipinski definition) is 10. The van der Waals surface area contributed by atoms with Crippen molar-refractivity contribution in [1.82, 2.24) is 38.7 Å². The summed E-state index contributed by atoms with van der Waals surface area (Å²) in [7, 11) is 0.101. The van der Waals surface area contributed by atoms with E-state index in [4.69, 9.17) is 4.98 Å². The molecule has 0 unspecified atom stereocenters. The molecule has 5 rings (SSSR count). The average Bonchev–Trinajstić information content (AvgIpc) is 3.65. The molecule has 0 aliphatic carbocycles. The number of rotatable bonds is 10. The van der Waals surface area contributed by atoms with Crippen molar-refractivity contribution < 1.29 is 13.2 Å². The number of nitrogens with zero attached hydrogens (tertiary/aromatic N) is 9. The van der Waals surface area contributed by atoms with Gasteiger partial charge in [-0.25, -0.2) is 18.4 Å². The van der Waals surface area contributed by atoms with Gasteiger partial charge in [-0.05, 0) is 18.4 Å². The highest BCUT2D eigenvalue weighted by Gasteiger charge is 2.49. The quantitative estimate of drug-likeness (QED) is 0.303. The van der Waals surface area contributed by atoms with Crippen molar-refractivity contribution in [3.05, 3.63) is 36.2 Å². The van der Waals surface area contributed by atoms with Crippen molar-refractivity contribution in [2.45, 2.75) is 31.8 Å². The van der Waals surface area contributed by atoms with Gasteiger partial charge in [0.1, 0.15) is 5.54 Å². The zero-order chi connectivity index (χ0) is 27.8. The molecule has 1 aliphatic heterocycles. The standard InChI is InChI=1S/C24H28N10O3S2/c1-4-39(36,37)33-15-24(16-33,7-8-25)34-13-17(11-27-34)21-22-19(6-10-38-22)29-23(30-21)28-18-12-26-32(14-18)9-5-20(35)31(2)3/h6,10-14H,4-5,7,9,15-16H2,1-3H3,(H,28,29,30). The molecule has 39 heavy (non-hydrogen) atoms. The summed E-state index contributed by atoms with van der Waals surface area (Å²) in [6, 6.07) is 4.10. The van der Waals surface area contributed by atoms with Crippen molar-refractivity contribution in [3.63, 3.8) is 0 Å². The molecule has 0 atom stereocenters. The fourth-order valence-electron chi connectivity index (χ4n) is 4.41. The van der Waals surface area contributed by atoms with E-state index in [1.165, 1.54) is 15.6 Å². The summed E-state index contributed by atoms with van der Waals surface area (Å²) in [6.45, 7) is 2.46. The molecule has 0 spiro atoms. The number of carbonyl (C=O) groups is 1. The Labute approximate surface area is 229 Å². The number of amides is 1. The van der Waals surface area contributed by atoms with E-state index in [1.807, 2.05) is 17.6 Å². The Hall–Kier alpha value is -3.87. The number of sulfonamides is 1.